The molecule has 0 bridgehead atoms. The molecule has 1 aromatic carbocycles. The van der Waals surface area contributed by atoms with Gasteiger partial charge in [-0.1, -0.05) is 17.7 Å². The largest absolute Gasteiger partial charge is 0.508 e. The SMILES string of the molecule is N[C@H](c1c(O)cccc1Cl)C1CC1. The highest BCUT2D eigenvalue weighted by molar-refractivity contribution is 6.31. The van der Waals surface area contributed by atoms with Crippen molar-refractivity contribution in [1.29, 1.82) is 0 Å². The summed E-state index contributed by atoms with van der Waals surface area (Å²) in [6.45, 7) is 0. The molecular weight excluding hydrogens is 186 g/mol. The van der Waals surface area contributed by atoms with Crippen molar-refractivity contribution in [1.82, 2.24) is 0 Å². The van der Waals surface area contributed by atoms with Crippen LogP contribution in [0.1, 0.15) is 24.4 Å². The summed E-state index contributed by atoms with van der Waals surface area (Å²) in [6, 6.07) is 5.01. The smallest absolute Gasteiger partial charge is 0.121 e. The van der Waals surface area contributed by atoms with Crippen LogP contribution in [-0.4, -0.2) is 5.11 Å². The number of halogens is 1. The van der Waals surface area contributed by atoms with Crippen LogP contribution in [0.5, 0.6) is 5.75 Å². The van der Waals surface area contributed by atoms with E-state index in [0.717, 1.165) is 12.8 Å². The molecule has 1 saturated carbocycles. The number of rotatable bonds is 2. The lowest BCUT2D eigenvalue weighted by Crippen LogP contribution is -2.12. The maximum atomic E-state index is 9.57. The van der Waals surface area contributed by atoms with E-state index in [4.69, 9.17) is 17.3 Å². The van der Waals surface area contributed by atoms with Crippen LogP contribution in [0.25, 0.3) is 0 Å². The highest BCUT2D eigenvalue weighted by Crippen LogP contribution is 2.44. The van der Waals surface area contributed by atoms with Gasteiger partial charge in [0, 0.05) is 16.6 Å². The number of phenolic OH excluding ortho intramolecular Hbond substituents is 1. The number of hydrogen-bond acceptors (Lipinski definition) is 2. The second-order valence-electron chi connectivity index (χ2n) is 3.54. The molecule has 3 heteroatoms. The van der Waals surface area contributed by atoms with Crippen molar-refractivity contribution in [3.63, 3.8) is 0 Å². The molecule has 0 aromatic heterocycles. The molecule has 0 radical (unpaired) electrons. The summed E-state index contributed by atoms with van der Waals surface area (Å²) in [5, 5.41) is 10.1. The summed E-state index contributed by atoms with van der Waals surface area (Å²) in [5.74, 6) is 0.720. The van der Waals surface area contributed by atoms with E-state index in [1.54, 1.807) is 18.2 Å². The van der Waals surface area contributed by atoms with Crippen molar-refractivity contribution in [2.45, 2.75) is 18.9 Å². The van der Waals surface area contributed by atoms with Gasteiger partial charge >= 0.3 is 0 Å². The Balaban J connectivity index is 2.36. The third kappa shape index (κ3) is 1.64. The van der Waals surface area contributed by atoms with E-state index in [1.807, 2.05) is 0 Å². The first-order chi connectivity index (χ1) is 6.20. The zero-order valence-corrected chi connectivity index (χ0v) is 7.96. The van der Waals surface area contributed by atoms with Gasteiger partial charge in [0.05, 0.1) is 0 Å². The van der Waals surface area contributed by atoms with Crippen LogP contribution < -0.4 is 5.73 Å². The topological polar surface area (TPSA) is 46.2 Å². The van der Waals surface area contributed by atoms with Crippen molar-refractivity contribution in [3.8, 4) is 5.75 Å². The molecule has 2 rings (SSSR count). The van der Waals surface area contributed by atoms with Gasteiger partial charge in [0.2, 0.25) is 0 Å². The van der Waals surface area contributed by atoms with Crippen LogP contribution in [-0.2, 0) is 0 Å². The fraction of sp³-hybridized carbons (Fsp3) is 0.400. The Bertz CT molecular complexity index is 302. The molecule has 0 saturated heterocycles. The lowest BCUT2D eigenvalue weighted by Gasteiger charge is -2.13. The van der Waals surface area contributed by atoms with E-state index < -0.39 is 0 Å². The normalized spacial score (nSPS) is 18.6. The first-order valence-corrected chi connectivity index (χ1v) is 4.81. The average molecular weight is 198 g/mol. The molecule has 0 heterocycles. The first kappa shape index (κ1) is 8.85. The van der Waals surface area contributed by atoms with E-state index in [1.165, 1.54) is 0 Å². The quantitative estimate of drug-likeness (QED) is 0.765. The van der Waals surface area contributed by atoms with Gasteiger partial charge in [0.25, 0.3) is 0 Å². The molecule has 0 spiro atoms. The third-order valence-electron chi connectivity index (χ3n) is 2.49. The Kier molecular flexibility index (Phi) is 2.18. The van der Waals surface area contributed by atoms with Crippen LogP contribution in [0.4, 0.5) is 0 Å². The van der Waals surface area contributed by atoms with E-state index >= 15 is 0 Å². The molecule has 1 atom stereocenters. The van der Waals surface area contributed by atoms with Crippen molar-refractivity contribution in [3.05, 3.63) is 28.8 Å². The number of hydrogen-bond donors (Lipinski definition) is 2. The highest BCUT2D eigenvalue weighted by atomic mass is 35.5. The molecule has 1 aromatic rings. The minimum atomic E-state index is -0.103. The molecule has 70 valence electrons. The van der Waals surface area contributed by atoms with E-state index in [9.17, 15) is 5.11 Å². The Hall–Kier alpha value is -0.730. The average Bonchev–Trinajstić information content (AvgIpc) is 2.85. The van der Waals surface area contributed by atoms with Crippen LogP contribution in [0.3, 0.4) is 0 Å². The van der Waals surface area contributed by atoms with Crippen LogP contribution >= 0.6 is 11.6 Å². The van der Waals surface area contributed by atoms with Crippen molar-refractivity contribution in [2.24, 2.45) is 11.7 Å². The Morgan fingerprint density at radius 1 is 1.46 bits per heavy atom. The zero-order valence-electron chi connectivity index (χ0n) is 7.20. The van der Waals surface area contributed by atoms with Gasteiger partial charge in [-0.2, -0.15) is 0 Å². The van der Waals surface area contributed by atoms with E-state index in [-0.39, 0.29) is 11.8 Å². The number of aromatic hydroxyl groups is 1. The monoisotopic (exact) mass is 197 g/mol. The van der Waals surface area contributed by atoms with Crippen LogP contribution in [0.2, 0.25) is 5.02 Å². The van der Waals surface area contributed by atoms with Gasteiger partial charge in [-0.15, -0.1) is 0 Å². The maximum absolute atomic E-state index is 9.57. The third-order valence-corrected chi connectivity index (χ3v) is 2.82. The number of phenols is 1. The minimum absolute atomic E-state index is 0.103. The lowest BCUT2D eigenvalue weighted by molar-refractivity contribution is 0.456. The Labute approximate surface area is 82.3 Å². The van der Waals surface area contributed by atoms with Gasteiger partial charge in [0.15, 0.2) is 0 Å². The molecule has 13 heavy (non-hydrogen) atoms. The molecule has 1 aliphatic carbocycles. The van der Waals surface area contributed by atoms with Gasteiger partial charge in [0.1, 0.15) is 5.75 Å². The maximum Gasteiger partial charge on any atom is 0.121 e. The summed E-state index contributed by atoms with van der Waals surface area (Å²) in [6.07, 6.45) is 2.29. The molecule has 3 N–H and O–H groups in total. The molecule has 0 amide bonds. The van der Waals surface area contributed by atoms with Gasteiger partial charge in [-0.3, -0.25) is 0 Å². The fourth-order valence-electron chi connectivity index (χ4n) is 1.55. The minimum Gasteiger partial charge on any atom is -0.508 e. The predicted molar refractivity (Wildman–Crippen MR) is 52.8 cm³/mol. The van der Waals surface area contributed by atoms with Crippen LogP contribution in [0.15, 0.2) is 18.2 Å². The van der Waals surface area contributed by atoms with E-state index in [2.05, 4.69) is 0 Å². The number of benzene rings is 1. The van der Waals surface area contributed by atoms with Crippen molar-refractivity contribution in [2.75, 3.05) is 0 Å². The highest BCUT2D eigenvalue weighted by Gasteiger charge is 2.32. The predicted octanol–water partition coefficient (Wildman–Crippen LogP) is 2.46. The molecule has 1 fully saturated rings. The summed E-state index contributed by atoms with van der Waals surface area (Å²) < 4.78 is 0. The Morgan fingerprint density at radius 2 is 2.15 bits per heavy atom. The van der Waals surface area contributed by atoms with Crippen LogP contribution in [0, 0.1) is 5.92 Å². The van der Waals surface area contributed by atoms with Gasteiger partial charge in [-0.25, -0.2) is 0 Å². The molecule has 1 aliphatic rings. The second kappa shape index (κ2) is 3.20. The van der Waals surface area contributed by atoms with Gasteiger partial charge < -0.3 is 10.8 Å². The summed E-state index contributed by atoms with van der Waals surface area (Å²) in [4.78, 5) is 0. The van der Waals surface area contributed by atoms with Gasteiger partial charge in [-0.05, 0) is 30.9 Å². The Morgan fingerprint density at radius 3 is 2.69 bits per heavy atom. The summed E-state index contributed by atoms with van der Waals surface area (Å²) in [5.41, 5.74) is 6.66. The van der Waals surface area contributed by atoms with Crippen molar-refractivity contribution >= 4 is 11.6 Å². The number of nitrogens with two attached hydrogens (primary N) is 1. The fourth-order valence-corrected chi connectivity index (χ4v) is 1.84. The molecular formula is C10H12ClNO. The molecule has 0 aliphatic heterocycles. The van der Waals surface area contributed by atoms with Crippen molar-refractivity contribution < 1.29 is 5.11 Å². The summed E-state index contributed by atoms with van der Waals surface area (Å²) in [7, 11) is 0. The van der Waals surface area contributed by atoms with E-state index in [0.29, 0.717) is 16.5 Å². The zero-order chi connectivity index (χ0) is 9.42. The second-order valence-corrected chi connectivity index (χ2v) is 3.94. The molecule has 2 nitrogen and oxygen atoms in total. The lowest BCUT2D eigenvalue weighted by atomic mass is 10.0. The standard InChI is InChI=1S/C10H12ClNO/c11-7-2-1-3-8(13)9(7)10(12)6-4-5-6/h1-3,6,10,13H,4-5,12H2/t10-/m0/s1. The summed E-state index contributed by atoms with van der Waals surface area (Å²) >= 11 is 5.96. The first-order valence-electron chi connectivity index (χ1n) is 4.43. The molecule has 0 unspecified atom stereocenters.